The van der Waals surface area contributed by atoms with Gasteiger partial charge in [0.05, 0.1) is 7.11 Å². The molecule has 0 saturated carbocycles. The number of hydrogen-bond acceptors (Lipinski definition) is 4. The quantitative estimate of drug-likeness (QED) is 0.907. The van der Waals surface area contributed by atoms with Gasteiger partial charge in [-0.25, -0.2) is 4.98 Å². The molecular formula is C20H25N3O2. The van der Waals surface area contributed by atoms with E-state index in [-0.39, 0.29) is 5.91 Å². The highest BCUT2D eigenvalue weighted by Crippen LogP contribution is 2.17. The summed E-state index contributed by atoms with van der Waals surface area (Å²) in [7, 11) is 1.61. The van der Waals surface area contributed by atoms with Crippen LogP contribution in [-0.2, 0) is 6.54 Å². The Balaban J connectivity index is 1.54. The fourth-order valence-electron chi connectivity index (χ4n) is 3.03. The number of carbonyl (C=O) groups is 1. The monoisotopic (exact) mass is 339 g/mol. The van der Waals surface area contributed by atoms with Crippen LogP contribution < -0.4 is 15.0 Å². The lowest BCUT2D eigenvalue weighted by Gasteiger charge is -2.21. The number of ether oxygens (including phenoxy) is 1. The van der Waals surface area contributed by atoms with Crippen molar-refractivity contribution in [1.29, 1.82) is 0 Å². The predicted molar refractivity (Wildman–Crippen MR) is 99.1 cm³/mol. The molecule has 1 aromatic heterocycles. The Labute approximate surface area is 149 Å². The Morgan fingerprint density at radius 1 is 1.08 bits per heavy atom. The summed E-state index contributed by atoms with van der Waals surface area (Å²) in [6, 6.07) is 11.2. The van der Waals surface area contributed by atoms with E-state index in [1.165, 1.54) is 25.7 Å². The number of methoxy groups -OCH3 is 1. The molecule has 2 aromatic rings. The predicted octanol–water partition coefficient (Wildman–Crippen LogP) is 3.40. The van der Waals surface area contributed by atoms with Crippen molar-refractivity contribution in [2.24, 2.45) is 0 Å². The van der Waals surface area contributed by atoms with Gasteiger partial charge in [0, 0.05) is 31.4 Å². The first-order valence-corrected chi connectivity index (χ1v) is 8.88. The molecule has 1 saturated heterocycles. The van der Waals surface area contributed by atoms with Crippen LogP contribution in [0.15, 0.2) is 42.6 Å². The minimum absolute atomic E-state index is 0.0979. The third-order valence-electron chi connectivity index (χ3n) is 4.54. The van der Waals surface area contributed by atoms with Crippen LogP contribution in [0.25, 0.3) is 0 Å². The van der Waals surface area contributed by atoms with E-state index in [9.17, 15) is 4.79 Å². The molecule has 1 aliphatic rings. The lowest BCUT2D eigenvalue weighted by Crippen LogP contribution is -2.25. The maximum absolute atomic E-state index is 12.2. The maximum atomic E-state index is 12.2. The van der Waals surface area contributed by atoms with Gasteiger partial charge in [0.1, 0.15) is 11.6 Å². The number of rotatable bonds is 5. The standard InChI is InChI=1S/C20H25N3O2/c1-25-18-9-7-17(8-10-18)20(24)22-15-16-6-11-19(21-14-16)23-12-4-2-3-5-13-23/h6-11,14H,2-5,12-13,15H2,1H3,(H,22,24). The average molecular weight is 339 g/mol. The van der Waals surface area contributed by atoms with Gasteiger partial charge in [-0.05, 0) is 48.7 Å². The van der Waals surface area contributed by atoms with Crippen LogP contribution in [0.5, 0.6) is 5.75 Å². The van der Waals surface area contributed by atoms with Crippen molar-refractivity contribution in [3.05, 3.63) is 53.7 Å². The van der Waals surface area contributed by atoms with Crippen molar-refractivity contribution in [1.82, 2.24) is 10.3 Å². The molecule has 0 atom stereocenters. The summed E-state index contributed by atoms with van der Waals surface area (Å²) in [5.74, 6) is 1.68. The summed E-state index contributed by atoms with van der Waals surface area (Å²) < 4.78 is 5.10. The van der Waals surface area contributed by atoms with Gasteiger partial charge in [-0.15, -0.1) is 0 Å². The van der Waals surface area contributed by atoms with E-state index < -0.39 is 0 Å². The zero-order valence-corrected chi connectivity index (χ0v) is 14.7. The van der Waals surface area contributed by atoms with E-state index >= 15 is 0 Å². The van der Waals surface area contributed by atoms with Gasteiger partial charge in [0.15, 0.2) is 0 Å². The molecule has 5 nitrogen and oxygen atoms in total. The number of anilines is 1. The summed E-state index contributed by atoms with van der Waals surface area (Å²) >= 11 is 0. The fourth-order valence-corrected chi connectivity index (χ4v) is 3.03. The van der Waals surface area contributed by atoms with Crippen LogP contribution in [0.1, 0.15) is 41.6 Å². The van der Waals surface area contributed by atoms with Gasteiger partial charge in [-0.3, -0.25) is 4.79 Å². The lowest BCUT2D eigenvalue weighted by atomic mass is 10.2. The second-order valence-corrected chi connectivity index (χ2v) is 6.34. The summed E-state index contributed by atoms with van der Waals surface area (Å²) in [4.78, 5) is 19.1. The highest BCUT2D eigenvalue weighted by Gasteiger charge is 2.11. The topological polar surface area (TPSA) is 54.5 Å². The first-order valence-electron chi connectivity index (χ1n) is 8.88. The molecule has 132 valence electrons. The first kappa shape index (κ1) is 17.3. The minimum Gasteiger partial charge on any atom is -0.497 e. The third kappa shape index (κ3) is 4.72. The summed E-state index contributed by atoms with van der Waals surface area (Å²) in [6.07, 6.45) is 6.95. The molecule has 1 amide bonds. The molecule has 1 fully saturated rings. The molecule has 0 spiro atoms. The van der Waals surface area contributed by atoms with E-state index in [0.717, 1.165) is 30.2 Å². The maximum Gasteiger partial charge on any atom is 0.251 e. The van der Waals surface area contributed by atoms with Crippen LogP contribution >= 0.6 is 0 Å². The van der Waals surface area contributed by atoms with Gasteiger partial charge < -0.3 is 15.0 Å². The van der Waals surface area contributed by atoms with Crippen LogP contribution in [0.2, 0.25) is 0 Å². The summed E-state index contributed by atoms with van der Waals surface area (Å²) in [6.45, 7) is 2.64. The SMILES string of the molecule is COc1ccc(C(=O)NCc2ccc(N3CCCCCC3)nc2)cc1. The second-order valence-electron chi connectivity index (χ2n) is 6.34. The van der Waals surface area contributed by atoms with E-state index in [4.69, 9.17) is 4.74 Å². The number of benzene rings is 1. The molecule has 0 aliphatic carbocycles. The number of hydrogen-bond donors (Lipinski definition) is 1. The van der Waals surface area contributed by atoms with Crippen LogP contribution in [0.3, 0.4) is 0 Å². The molecule has 0 bridgehead atoms. The molecular weight excluding hydrogens is 314 g/mol. The van der Waals surface area contributed by atoms with E-state index in [1.54, 1.807) is 31.4 Å². The zero-order valence-electron chi connectivity index (χ0n) is 14.7. The third-order valence-corrected chi connectivity index (χ3v) is 4.54. The Morgan fingerprint density at radius 3 is 2.40 bits per heavy atom. The second kappa shape index (κ2) is 8.51. The van der Waals surface area contributed by atoms with Crippen LogP contribution in [-0.4, -0.2) is 31.1 Å². The van der Waals surface area contributed by atoms with Gasteiger partial charge in [-0.2, -0.15) is 0 Å². The number of amides is 1. The fraction of sp³-hybridized carbons (Fsp3) is 0.400. The molecule has 1 aliphatic heterocycles. The smallest absolute Gasteiger partial charge is 0.251 e. The van der Waals surface area contributed by atoms with E-state index in [0.29, 0.717) is 12.1 Å². The lowest BCUT2D eigenvalue weighted by molar-refractivity contribution is 0.0951. The largest absolute Gasteiger partial charge is 0.497 e. The van der Waals surface area contributed by atoms with Crippen molar-refractivity contribution in [3.63, 3.8) is 0 Å². The zero-order chi connectivity index (χ0) is 17.5. The highest BCUT2D eigenvalue weighted by atomic mass is 16.5. The van der Waals surface area contributed by atoms with Gasteiger partial charge in [0.2, 0.25) is 0 Å². The molecule has 1 N–H and O–H groups in total. The highest BCUT2D eigenvalue weighted by molar-refractivity contribution is 5.94. The Bertz CT molecular complexity index is 675. The van der Waals surface area contributed by atoms with Gasteiger partial charge in [-0.1, -0.05) is 18.9 Å². The summed E-state index contributed by atoms with van der Waals surface area (Å²) in [5.41, 5.74) is 1.62. The van der Waals surface area contributed by atoms with E-state index in [1.807, 2.05) is 12.3 Å². The Kier molecular flexibility index (Phi) is 5.88. The minimum atomic E-state index is -0.0979. The molecule has 25 heavy (non-hydrogen) atoms. The van der Waals surface area contributed by atoms with Crippen molar-refractivity contribution in [2.45, 2.75) is 32.2 Å². The van der Waals surface area contributed by atoms with Crippen LogP contribution in [0.4, 0.5) is 5.82 Å². The molecule has 1 aromatic carbocycles. The first-order chi connectivity index (χ1) is 12.3. The number of carbonyl (C=O) groups excluding carboxylic acids is 1. The van der Waals surface area contributed by atoms with Crippen molar-refractivity contribution < 1.29 is 9.53 Å². The number of pyridine rings is 1. The number of aromatic nitrogens is 1. The Hall–Kier alpha value is -2.56. The van der Waals surface area contributed by atoms with Gasteiger partial charge >= 0.3 is 0 Å². The van der Waals surface area contributed by atoms with Gasteiger partial charge in [0.25, 0.3) is 5.91 Å². The van der Waals surface area contributed by atoms with Crippen molar-refractivity contribution >= 4 is 11.7 Å². The van der Waals surface area contributed by atoms with E-state index in [2.05, 4.69) is 21.3 Å². The molecule has 2 heterocycles. The molecule has 5 heteroatoms. The number of nitrogens with zero attached hydrogens (tertiary/aromatic N) is 2. The molecule has 0 unspecified atom stereocenters. The molecule has 0 radical (unpaired) electrons. The van der Waals surface area contributed by atoms with Crippen molar-refractivity contribution in [3.8, 4) is 5.75 Å². The average Bonchev–Trinajstić information content (AvgIpc) is 2.96. The summed E-state index contributed by atoms with van der Waals surface area (Å²) in [5, 5.41) is 2.93. The van der Waals surface area contributed by atoms with Crippen LogP contribution in [0, 0.1) is 0 Å². The number of nitrogens with one attached hydrogen (secondary N) is 1. The molecule has 3 rings (SSSR count). The Morgan fingerprint density at radius 2 is 1.80 bits per heavy atom. The normalized spacial score (nSPS) is 14.7. The van der Waals surface area contributed by atoms with Crippen molar-refractivity contribution in [2.75, 3.05) is 25.1 Å².